The molecule has 1 atom stereocenters. The van der Waals surface area contributed by atoms with Gasteiger partial charge in [-0.1, -0.05) is 12.1 Å². The van der Waals surface area contributed by atoms with Crippen molar-refractivity contribution in [2.24, 2.45) is 0 Å². The molecule has 0 aromatic heterocycles. The topological polar surface area (TPSA) is 29.5 Å². The molecule has 0 radical (unpaired) electrons. The molecule has 3 rings (SSSR count). The molecule has 2 fully saturated rings. The summed E-state index contributed by atoms with van der Waals surface area (Å²) < 4.78 is 5.95. The zero-order valence-electron chi connectivity index (χ0n) is 9.89. The van der Waals surface area contributed by atoms with E-state index in [-0.39, 0.29) is 0 Å². The molecular weight excluding hydrogens is 232 g/mol. The first-order valence-electron chi connectivity index (χ1n) is 6.29. The number of ether oxygens (including phenoxy) is 1. The van der Waals surface area contributed by atoms with Crippen LogP contribution in [0.3, 0.4) is 0 Å². The number of thioether (sulfide) groups is 1. The molecule has 1 aliphatic carbocycles. The van der Waals surface area contributed by atoms with Crippen molar-refractivity contribution in [3.8, 4) is 5.75 Å². The molecule has 0 amide bonds. The van der Waals surface area contributed by atoms with Crippen molar-refractivity contribution in [3.05, 3.63) is 29.8 Å². The molecular formula is C14H18O2S. The summed E-state index contributed by atoms with van der Waals surface area (Å²) in [7, 11) is 0. The lowest BCUT2D eigenvalue weighted by atomic mass is 10.1. The van der Waals surface area contributed by atoms with E-state index in [9.17, 15) is 5.11 Å². The van der Waals surface area contributed by atoms with E-state index in [1.807, 2.05) is 23.9 Å². The molecule has 1 heterocycles. The summed E-state index contributed by atoms with van der Waals surface area (Å²) in [6.45, 7) is 0. The average molecular weight is 250 g/mol. The zero-order valence-corrected chi connectivity index (χ0v) is 10.7. The van der Waals surface area contributed by atoms with E-state index in [1.165, 1.54) is 11.3 Å². The first-order chi connectivity index (χ1) is 8.23. The smallest absolute Gasteiger partial charge is 0.120 e. The lowest BCUT2D eigenvalue weighted by Crippen LogP contribution is -2.15. The van der Waals surface area contributed by atoms with Gasteiger partial charge in [0.15, 0.2) is 0 Å². The van der Waals surface area contributed by atoms with E-state index in [2.05, 4.69) is 12.1 Å². The summed E-state index contributed by atoms with van der Waals surface area (Å²) in [4.78, 5) is 0. The molecule has 17 heavy (non-hydrogen) atoms. The summed E-state index contributed by atoms with van der Waals surface area (Å²) in [6, 6.07) is 8.20. The van der Waals surface area contributed by atoms with Crippen LogP contribution in [0.4, 0.5) is 0 Å². The first kappa shape index (κ1) is 11.4. The maximum atomic E-state index is 9.91. The number of benzene rings is 1. The van der Waals surface area contributed by atoms with Gasteiger partial charge in [0.2, 0.25) is 0 Å². The Kier molecular flexibility index (Phi) is 3.05. The van der Waals surface area contributed by atoms with Gasteiger partial charge in [-0.2, -0.15) is 11.8 Å². The largest absolute Gasteiger partial charge is 0.490 e. The maximum Gasteiger partial charge on any atom is 0.120 e. The van der Waals surface area contributed by atoms with E-state index in [4.69, 9.17) is 4.74 Å². The number of hydrogen-bond donors (Lipinski definition) is 1. The second-order valence-corrected chi connectivity index (χ2v) is 6.30. The molecule has 1 unspecified atom stereocenters. The highest BCUT2D eigenvalue weighted by atomic mass is 32.2. The van der Waals surface area contributed by atoms with Crippen LogP contribution in [0, 0.1) is 0 Å². The van der Waals surface area contributed by atoms with E-state index in [0.29, 0.717) is 6.10 Å². The SMILES string of the molecule is OC1(Cc2cccc(OC3CCSC3)c2)CC1. The molecule has 1 saturated carbocycles. The molecule has 3 heteroatoms. The molecule has 1 N–H and O–H groups in total. The average Bonchev–Trinajstić information content (AvgIpc) is 2.82. The normalized spacial score (nSPS) is 25.8. The van der Waals surface area contributed by atoms with Crippen LogP contribution in [0.2, 0.25) is 0 Å². The minimum absolute atomic E-state index is 0.374. The summed E-state index contributed by atoms with van der Waals surface area (Å²) in [6.07, 6.45) is 4.18. The zero-order chi connectivity index (χ0) is 11.7. The van der Waals surface area contributed by atoms with Gasteiger partial charge in [0.1, 0.15) is 11.9 Å². The Morgan fingerprint density at radius 2 is 2.29 bits per heavy atom. The number of rotatable bonds is 4. The maximum absolute atomic E-state index is 9.91. The molecule has 0 spiro atoms. The van der Waals surface area contributed by atoms with Crippen LogP contribution in [0.15, 0.2) is 24.3 Å². The third kappa shape index (κ3) is 2.96. The van der Waals surface area contributed by atoms with Gasteiger partial charge >= 0.3 is 0 Å². The highest BCUT2D eigenvalue weighted by molar-refractivity contribution is 7.99. The highest BCUT2D eigenvalue weighted by Crippen LogP contribution is 2.38. The predicted octanol–water partition coefficient (Wildman–Crippen LogP) is 2.64. The van der Waals surface area contributed by atoms with Crippen molar-refractivity contribution < 1.29 is 9.84 Å². The van der Waals surface area contributed by atoms with Crippen LogP contribution in [0.25, 0.3) is 0 Å². The Hall–Kier alpha value is -0.670. The van der Waals surface area contributed by atoms with Crippen LogP contribution >= 0.6 is 11.8 Å². The quantitative estimate of drug-likeness (QED) is 0.891. The van der Waals surface area contributed by atoms with Gasteiger partial charge in [0.05, 0.1) is 5.60 Å². The summed E-state index contributed by atoms with van der Waals surface area (Å²) in [5.41, 5.74) is 0.773. The monoisotopic (exact) mass is 250 g/mol. The van der Waals surface area contributed by atoms with Gasteiger partial charge < -0.3 is 9.84 Å². The van der Waals surface area contributed by atoms with Crippen LogP contribution < -0.4 is 4.74 Å². The predicted molar refractivity (Wildman–Crippen MR) is 70.7 cm³/mol. The van der Waals surface area contributed by atoms with Gasteiger partial charge in [-0.3, -0.25) is 0 Å². The highest BCUT2D eigenvalue weighted by Gasteiger charge is 2.40. The first-order valence-corrected chi connectivity index (χ1v) is 7.45. The van der Waals surface area contributed by atoms with Gasteiger partial charge in [0.25, 0.3) is 0 Å². The van der Waals surface area contributed by atoms with Crippen molar-refractivity contribution in [1.29, 1.82) is 0 Å². The third-order valence-corrected chi connectivity index (χ3v) is 4.58. The second-order valence-electron chi connectivity index (χ2n) is 5.15. The van der Waals surface area contributed by atoms with Crippen molar-refractivity contribution in [1.82, 2.24) is 0 Å². The summed E-state index contributed by atoms with van der Waals surface area (Å²) >= 11 is 1.96. The van der Waals surface area contributed by atoms with Crippen LogP contribution in [-0.4, -0.2) is 28.3 Å². The van der Waals surface area contributed by atoms with E-state index in [1.54, 1.807) is 0 Å². The molecule has 2 nitrogen and oxygen atoms in total. The fourth-order valence-electron chi connectivity index (χ4n) is 2.23. The summed E-state index contributed by atoms with van der Waals surface area (Å²) in [5, 5.41) is 9.91. The van der Waals surface area contributed by atoms with E-state index in [0.717, 1.165) is 37.2 Å². The molecule has 1 aromatic carbocycles. The van der Waals surface area contributed by atoms with Crippen LogP contribution in [0.1, 0.15) is 24.8 Å². The Morgan fingerprint density at radius 1 is 1.41 bits per heavy atom. The Labute approximate surface area is 106 Å². The fraction of sp³-hybridized carbons (Fsp3) is 0.571. The van der Waals surface area contributed by atoms with Crippen molar-refractivity contribution in [2.75, 3.05) is 11.5 Å². The number of aliphatic hydroxyl groups is 1. The van der Waals surface area contributed by atoms with Gasteiger partial charge in [0, 0.05) is 12.2 Å². The molecule has 1 aliphatic heterocycles. The van der Waals surface area contributed by atoms with Gasteiger partial charge in [-0.15, -0.1) is 0 Å². The summed E-state index contributed by atoms with van der Waals surface area (Å²) in [5.74, 6) is 3.28. The van der Waals surface area contributed by atoms with Crippen molar-refractivity contribution in [2.45, 2.75) is 37.4 Å². The molecule has 1 saturated heterocycles. The molecule has 0 bridgehead atoms. The molecule has 92 valence electrons. The minimum Gasteiger partial charge on any atom is -0.490 e. The van der Waals surface area contributed by atoms with E-state index < -0.39 is 5.60 Å². The second kappa shape index (κ2) is 4.54. The Bertz CT molecular complexity index is 395. The van der Waals surface area contributed by atoms with Crippen molar-refractivity contribution in [3.63, 3.8) is 0 Å². The molecule has 2 aliphatic rings. The van der Waals surface area contributed by atoms with Crippen molar-refractivity contribution >= 4 is 11.8 Å². The van der Waals surface area contributed by atoms with E-state index >= 15 is 0 Å². The number of hydrogen-bond acceptors (Lipinski definition) is 3. The molecule has 1 aromatic rings. The fourth-order valence-corrected chi connectivity index (χ4v) is 3.32. The third-order valence-electron chi connectivity index (χ3n) is 3.45. The Morgan fingerprint density at radius 3 is 3.00 bits per heavy atom. The van der Waals surface area contributed by atoms with Crippen LogP contribution in [0.5, 0.6) is 5.75 Å². The lowest BCUT2D eigenvalue weighted by Gasteiger charge is -2.14. The minimum atomic E-state index is -0.415. The van der Waals surface area contributed by atoms with Gasteiger partial charge in [-0.05, 0) is 42.7 Å². The van der Waals surface area contributed by atoms with Crippen LogP contribution in [-0.2, 0) is 6.42 Å². The Balaban J connectivity index is 1.65. The van der Waals surface area contributed by atoms with Gasteiger partial charge in [-0.25, -0.2) is 0 Å². The lowest BCUT2D eigenvalue weighted by molar-refractivity contribution is 0.151. The standard InChI is InChI=1S/C14H18O2S/c15-14(5-6-14)9-11-2-1-3-12(8-11)16-13-4-7-17-10-13/h1-3,8,13,15H,4-7,9-10H2.